The number of anilines is 1. The third-order valence-electron chi connectivity index (χ3n) is 3.26. The van der Waals surface area contributed by atoms with Gasteiger partial charge in [0.25, 0.3) is 0 Å². The summed E-state index contributed by atoms with van der Waals surface area (Å²) < 4.78 is 37.9. The number of hydrogen-bond acceptors (Lipinski definition) is 2. The summed E-state index contributed by atoms with van der Waals surface area (Å²) in [5, 5.41) is 0. The summed E-state index contributed by atoms with van der Waals surface area (Å²) in [4.78, 5) is 2.14. The molecule has 0 atom stereocenters. The molecule has 0 saturated heterocycles. The molecule has 1 saturated carbocycles. The van der Waals surface area contributed by atoms with Crippen LogP contribution < -0.4 is 10.6 Å². The first-order valence-corrected chi connectivity index (χ1v) is 6.14. The molecular formula is C13H17F3N2. The number of nitrogens with two attached hydrogens (primary N) is 1. The zero-order valence-electron chi connectivity index (χ0n) is 10.3. The number of nitrogens with zero attached hydrogens (tertiary/aromatic N) is 1. The van der Waals surface area contributed by atoms with Gasteiger partial charge in [-0.05, 0) is 43.5 Å². The molecule has 0 aromatic heterocycles. The minimum atomic E-state index is -4.31. The maximum Gasteiger partial charge on any atom is 0.416 e. The maximum atomic E-state index is 12.6. The van der Waals surface area contributed by atoms with Gasteiger partial charge in [0.1, 0.15) is 0 Å². The summed E-state index contributed by atoms with van der Waals surface area (Å²) in [5.74, 6) is 0. The van der Waals surface area contributed by atoms with E-state index >= 15 is 0 Å². The van der Waals surface area contributed by atoms with Crippen LogP contribution in [0.15, 0.2) is 18.2 Å². The van der Waals surface area contributed by atoms with Gasteiger partial charge < -0.3 is 10.6 Å². The second-order valence-electron chi connectivity index (χ2n) is 4.56. The van der Waals surface area contributed by atoms with Gasteiger partial charge in [-0.15, -0.1) is 0 Å². The molecule has 1 aromatic rings. The molecule has 5 heteroatoms. The van der Waals surface area contributed by atoms with Crippen LogP contribution in [0.5, 0.6) is 0 Å². The first-order valence-electron chi connectivity index (χ1n) is 6.14. The summed E-state index contributed by atoms with van der Waals surface area (Å²) >= 11 is 0. The molecule has 1 aliphatic carbocycles. The van der Waals surface area contributed by atoms with Crippen molar-refractivity contribution in [2.45, 2.75) is 38.5 Å². The van der Waals surface area contributed by atoms with Gasteiger partial charge in [0.05, 0.1) is 5.56 Å². The Morgan fingerprint density at radius 2 is 2.00 bits per heavy atom. The molecule has 0 bridgehead atoms. The lowest BCUT2D eigenvalue weighted by molar-refractivity contribution is -0.137. The number of halogens is 3. The van der Waals surface area contributed by atoms with Gasteiger partial charge in [0.2, 0.25) is 0 Å². The molecule has 0 spiro atoms. The highest BCUT2D eigenvalue weighted by molar-refractivity contribution is 5.57. The van der Waals surface area contributed by atoms with E-state index in [9.17, 15) is 13.2 Å². The molecule has 0 radical (unpaired) electrons. The summed E-state index contributed by atoms with van der Waals surface area (Å²) in [6, 6.07) is 4.32. The lowest BCUT2D eigenvalue weighted by Gasteiger charge is -2.26. The van der Waals surface area contributed by atoms with Crippen molar-refractivity contribution in [2.75, 3.05) is 11.4 Å². The Morgan fingerprint density at radius 1 is 1.33 bits per heavy atom. The van der Waals surface area contributed by atoms with Crippen LogP contribution in [0.4, 0.5) is 18.9 Å². The molecule has 0 heterocycles. The number of alkyl halides is 3. The van der Waals surface area contributed by atoms with Crippen LogP contribution in [0.25, 0.3) is 0 Å². The molecule has 100 valence electrons. The molecule has 1 fully saturated rings. The molecule has 1 aliphatic rings. The molecule has 2 nitrogen and oxygen atoms in total. The molecule has 2 rings (SSSR count). The van der Waals surface area contributed by atoms with E-state index in [1.54, 1.807) is 6.07 Å². The van der Waals surface area contributed by atoms with Crippen molar-refractivity contribution in [3.05, 3.63) is 29.3 Å². The molecule has 18 heavy (non-hydrogen) atoms. The van der Waals surface area contributed by atoms with Gasteiger partial charge >= 0.3 is 6.18 Å². The second-order valence-corrected chi connectivity index (χ2v) is 4.56. The van der Waals surface area contributed by atoms with Crippen molar-refractivity contribution >= 4 is 5.69 Å². The zero-order valence-corrected chi connectivity index (χ0v) is 10.3. The molecule has 1 aromatic carbocycles. The Kier molecular flexibility index (Phi) is 3.52. The fourth-order valence-corrected chi connectivity index (χ4v) is 2.22. The van der Waals surface area contributed by atoms with E-state index in [0.717, 1.165) is 31.1 Å². The van der Waals surface area contributed by atoms with Gasteiger partial charge in [-0.25, -0.2) is 0 Å². The molecule has 0 aliphatic heterocycles. The van der Waals surface area contributed by atoms with Crippen molar-refractivity contribution in [2.24, 2.45) is 5.73 Å². The Bertz CT molecular complexity index is 425. The van der Waals surface area contributed by atoms with E-state index in [2.05, 4.69) is 4.90 Å². The van der Waals surface area contributed by atoms with Crippen LogP contribution in [-0.2, 0) is 12.7 Å². The quantitative estimate of drug-likeness (QED) is 0.899. The molecule has 0 amide bonds. The van der Waals surface area contributed by atoms with Crippen molar-refractivity contribution in [1.29, 1.82) is 0 Å². The van der Waals surface area contributed by atoms with E-state index in [1.165, 1.54) is 6.07 Å². The molecule has 2 N–H and O–H groups in total. The molecule has 0 unspecified atom stereocenters. The van der Waals surface area contributed by atoms with Crippen molar-refractivity contribution in [3.63, 3.8) is 0 Å². The summed E-state index contributed by atoms with van der Waals surface area (Å²) in [6.07, 6.45) is -2.09. The van der Waals surface area contributed by atoms with E-state index in [4.69, 9.17) is 5.73 Å². The number of rotatable bonds is 4. The lowest BCUT2D eigenvalue weighted by Crippen LogP contribution is -2.27. The molecular weight excluding hydrogens is 241 g/mol. The largest absolute Gasteiger partial charge is 0.416 e. The lowest BCUT2D eigenvalue weighted by atomic mass is 10.1. The Labute approximate surface area is 105 Å². The van der Waals surface area contributed by atoms with Gasteiger partial charge in [0, 0.05) is 24.8 Å². The van der Waals surface area contributed by atoms with Gasteiger partial charge in [0.15, 0.2) is 0 Å². The standard InChI is InChI=1S/C13H17F3N2/c1-2-18(11-4-5-11)12-6-3-10(13(14,15)16)7-9(12)8-17/h3,6-7,11H,2,4-5,8,17H2,1H3. The maximum absolute atomic E-state index is 12.6. The third-order valence-corrected chi connectivity index (χ3v) is 3.26. The average Bonchev–Trinajstić information content (AvgIpc) is 3.13. The van der Waals surface area contributed by atoms with Crippen molar-refractivity contribution < 1.29 is 13.2 Å². The highest BCUT2D eigenvalue weighted by Gasteiger charge is 2.33. The van der Waals surface area contributed by atoms with Crippen LogP contribution >= 0.6 is 0 Å². The highest BCUT2D eigenvalue weighted by Crippen LogP contribution is 2.36. The first-order chi connectivity index (χ1) is 8.47. The normalized spacial score (nSPS) is 15.8. The minimum absolute atomic E-state index is 0.127. The Hall–Kier alpha value is -1.23. The Balaban J connectivity index is 2.36. The third kappa shape index (κ3) is 2.61. The average molecular weight is 258 g/mol. The van der Waals surface area contributed by atoms with Crippen LogP contribution in [0.2, 0.25) is 0 Å². The van der Waals surface area contributed by atoms with E-state index in [1.807, 2.05) is 6.92 Å². The second kappa shape index (κ2) is 4.80. The summed E-state index contributed by atoms with van der Waals surface area (Å²) in [5.41, 5.74) is 6.37. The van der Waals surface area contributed by atoms with Crippen LogP contribution in [0.1, 0.15) is 30.9 Å². The summed E-state index contributed by atoms with van der Waals surface area (Å²) in [7, 11) is 0. The van der Waals surface area contributed by atoms with Gasteiger partial charge in [-0.2, -0.15) is 13.2 Å². The first kappa shape index (κ1) is 13.2. The topological polar surface area (TPSA) is 29.3 Å². The van der Waals surface area contributed by atoms with Crippen molar-refractivity contribution in [3.8, 4) is 0 Å². The zero-order chi connectivity index (χ0) is 13.3. The fraction of sp³-hybridized carbons (Fsp3) is 0.538. The SMILES string of the molecule is CCN(c1ccc(C(F)(F)F)cc1CN)C1CC1. The van der Waals surface area contributed by atoms with Crippen LogP contribution in [0, 0.1) is 0 Å². The van der Waals surface area contributed by atoms with E-state index in [0.29, 0.717) is 11.6 Å². The predicted octanol–water partition coefficient (Wildman–Crippen LogP) is 3.15. The smallest absolute Gasteiger partial charge is 0.369 e. The Morgan fingerprint density at radius 3 is 2.44 bits per heavy atom. The highest BCUT2D eigenvalue weighted by atomic mass is 19.4. The number of benzene rings is 1. The monoisotopic (exact) mass is 258 g/mol. The van der Waals surface area contributed by atoms with E-state index < -0.39 is 11.7 Å². The summed E-state index contributed by atoms with van der Waals surface area (Å²) in [6.45, 7) is 2.93. The van der Waals surface area contributed by atoms with Crippen molar-refractivity contribution in [1.82, 2.24) is 0 Å². The minimum Gasteiger partial charge on any atom is -0.369 e. The number of hydrogen-bond donors (Lipinski definition) is 1. The van der Waals surface area contributed by atoms with Gasteiger partial charge in [-0.3, -0.25) is 0 Å². The van der Waals surface area contributed by atoms with Crippen LogP contribution in [-0.4, -0.2) is 12.6 Å². The van der Waals surface area contributed by atoms with Gasteiger partial charge in [-0.1, -0.05) is 0 Å². The van der Waals surface area contributed by atoms with Crippen LogP contribution in [0.3, 0.4) is 0 Å². The van der Waals surface area contributed by atoms with E-state index in [-0.39, 0.29) is 6.54 Å². The fourth-order valence-electron chi connectivity index (χ4n) is 2.22. The predicted molar refractivity (Wildman–Crippen MR) is 65.4 cm³/mol.